The number of aromatic nitrogens is 2. The number of aryl methyl sites for hydroxylation is 2. The first kappa shape index (κ1) is 27.8. The number of carbonyl (C=O) groups is 1. The lowest BCUT2D eigenvalue weighted by atomic mass is 10.1. The van der Waals surface area contributed by atoms with Gasteiger partial charge in [0.1, 0.15) is 5.82 Å². The number of carbonyl (C=O) groups excluding carboxylic acids is 1. The fourth-order valence-corrected chi connectivity index (χ4v) is 4.45. The number of rotatable bonds is 10. The topological polar surface area (TPSA) is 94.8 Å². The number of hydrogen-bond acceptors (Lipinski definition) is 6. The number of para-hydroxylation sites is 1. The maximum atomic E-state index is 13.2. The summed E-state index contributed by atoms with van der Waals surface area (Å²) in [6.45, 7) is 7.49. The van der Waals surface area contributed by atoms with Gasteiger partial charge in [-0.25, -0.2) is 4.98 Å². The summed E-state index contributed by atoms with van der Waals surface area (Å²) >= 11 is 3.42. The Morgan fingerprint density at radius 1 is 1.21 bits per heavy atom. The number of fused-ring (bicyclic) bond motifs is 1. The van der Waals surface area contributed by atoms with Crippen molar-refractivity contribution in [3.8, 4) is 11.5 Å². The average molecular weight is 589 g/mol. The van der Waals surface area contributed by atoms with Crippen LogP contribution in [0.25, 0.3) is 10.9 Å². The van der Waals surface area contributed by atoms with Crippen LogP contribution in [0.3, 0.4) is 0 Å². The molecule has 0 aliphatic rings. The van der Waals surface area contributed by atoms with Crippen LogP contribution < -0.4 is 20.3 Å². The van der Waals surface area contributed by atoms with E-state index >= 15 is 0 Å². The molecule has 1 N–H and O–H groups in total. The number of halogens is 1. The second-order valence-corrected chi connectivity index (χ2v) is 9.68. The lowest BCUT2D eigenvalue weighted by molar-refractivity contribution is -0.118. The highest BCUT2D eigenvalue weighted by Crippen LogP contribution is 2.33. The third-order valence-electron chi connectivity index (χ3n) is 6.02. The zero-order chi connectivity index (χ0) is 27.9. The molecule has 3 aromatic carbocycles. The highest BCUT2D eigenvalue weighted by atomic mass is 79.9. The number of benzene rings is 3. The van der Waals surface area contributed by atoms with Gasteiger partial charge in [0, 0.05) is 22.1 Å². The Morgan fingerprint density at radius 3 is 2.72 bits per heavy atom. The maximum absolute atomic E-state index is 13.2. The molecule has 4 rings (SSSR count). The predicted octanol–water partition coefficient (Wildman–Crippen LogP) is 5.67. The number of anilines is 1. The van der Waals surface area contributed by atoms with Gasteiger partial charge in [-0.15, -0.1) is 6.58 Å². The van der Waals surface area contributed by atoms with Crippen molar-refractivity contribution in [3.05, 3.63) is 105 Å². The molecule has 200 valence electrons. The van der Waals surface area contributed by atoms with Gasteiger partial charge in [0.05, 0.1) is 24.2 Å². The molecule has 4 aromatic rings. The monoisotopic (exact) mass is 588 g/mol. The van der Waals surface area contributed by atoms with E-state index in [0.717, 1.165) is 21.3 Å². The zero-order valence-electron chi connectivity index (χ0n) is 22.0. The van der Waals surface area contributed by atoms with Gasteiger partial charge in [-0.3, -0.25) is 9.59 Å². The molecule has 0 aliphatic carbocycles. The number of ether oxygens (including phenoxy) is 2. The first-order valence-electron chi connectivity index (χ1n) is 12.4. The third kappa shape index (κ3) is 6.43. The molecular formula is C30H29BrN4O4. The van der Waals surface area contributed by atoms with Crippen molar-refractivity contribution in [1.82, 2.24) is 9.66 Å². The lowest BCUT2D eigenvalue weighted by Gasteiger charge is -2.16. The largest absolute Gasteiger partial charge is 0.493 e. The molecule has 1 aromatic heterocycles. The first-order valence-corrected chi connectivity index (χ1v) is 13.2. The number of hydrogen-bond donors (Lipinski definition) is 1. The minimum Gasteiger partial charge on any atom is -0.493 e. The molecular weight excluding hydrogens is 560 g/mol. The fraction of sp³-hybridized carbons (Fsp3) is 0.200. The zero-order valence-corrected chi connectivity index (χ0v) is 23.6. The first-order chi connectivity index (χ1) is 18.8. The minimum absolute atomic E-state index is 0.199. The minimum atomic E-state index is -0.288. The van der Waals surface area contributed by atoms with Crippen molar-refractivity contribution in [2.75, 3.05) is 19.0 Å². The summed E-state index contributed by atoms with van der Waals surface area (Å²) in [7, 11) is 1.53. The molecule has 0 fully saturated rings. The van der Waals surface area contributed by atoms with Gasteiger partial charge < -0.3 is 14.8 Å². The van der Waals surface area contributed by atoms with Gasteiger partial charge in [0.15, 0.2) is 18.1 Å². The Morgan fingerprint density at radius 2 is 2.00 bits per heavy atom. The van der Waals surface area contributed by atoms with Crippen molar-refractivity contribution in [1.29, 1.82) is 0 Å². The van der Waals surface area contributed by atoms with Crippen LogP contribution in [-0.2, 0) is 17.6 Å². The Labute approximate surface area is 235 Å². The van der Waals surface area contributed by atoms with E-state index in [0.29, 0.717) is 46.6 Å². The van der Waals surface area contributed by atoms with Crippen molar-refractivity contribution in [2.24, 2.45) is 5.10 Å². The van der Waals surface area contributed by atoms with Crippen molar-refractivity contribution < 1.29 is 14.3 Å². The quantitative estimate of drug-likeness (QED) is 0.190. The molecule has 9 heteroatoms. The van der Waals surface area contributed by atoms with E-state index in [1.165, 1.54) is 11.8 Å². The summed E-state index contributed by atoms with van der Waals surface area (Å²) in [4.78, 5) is 30.4. The number of nitrogens with zero attached hydrogens (tertiary/aromatic N) is 3. The van der Waals surface area contributed by atoms with Crippen LogP contribution in [0.4, 0.5) is 5.69 Å². The molecule has 0 saturated heterocycles. The molecule has 0 saturated carbocycles. The Hall–Kier alpha value is -4.24. The van der Waals surface area contributed by atoms with Crippen LogP contribution in [0.5, 0.6) is 11.5 Å². The second-order valence-electron chi connectivity index (χ2n) is 8.76. The van der Waals surface area contributed by atoms with Gasteiger partial charge in [-0.1, -0.05) is 47.1 Å². The van der Waals surface area contributed by atoms with Crippen LogP contribution >= 0.6 is 15.9 Å². The molecule has 0 aliphatic heterocycles. The highest BCUT2D eigenvalue weighted by Gasteiger charge is 2.15. The number of methoxy groups -OCH3 is 1. The van der Waals surface area contributed by atoms with E-state index in [9.17, 15) is 9.59 Å². The Bertz CT molecular complexity index is 1630. The van der Waals surface area contributed by atoms with Gasteiger partial charge >= 0.3 is 0 Å². The molecule has 1 heterocycles. The van der Waals surface area contributed by atoms with E-state index in [2.05, 4.69) is 37.9 Å². The summed E-state index contributed by atoms with van der Waals surface area (Å²) < 4.78 is 13.6. The van der Waals surface area contributed by atoms with E-state index in [4.69, 9.17) is 9.47 Å². The van der Waals surface area contributed by atoms with E-state index in [1.54, 1.807) is 30.5 Å². The van der Waals surface area contributed by atoms with Crippen LogP contribution in [-0.4, -0.2) is 35.5 Å². The normalized spacial score (nSPS) is 11.1. The Kier molecular flexibility index (Phi) is 8.93. The van der Waals surface area contributed by atoms with Crippen LogP contribution in [0, 0.1) is 6.92 Å². The number of nitrogens with one attached hydrogen (secondary N) is 1. The molecule has 39 heavy (non-hydrogen) atoms. The molecule has 0 atom stereocenters. The Balaban J connectivity index is 1.63. The van der Waals surface area contributed by atoms with E-state index < -0.39 is 0 Å². The fourth-order valence-electron chi connectivity index (χ4n) is 4.08. The molecule has 8 nitrogen and oxygen atoms in total. The van der Waals surface area contributed by atoms with Gasteiger partial charge in [0.25, 0.3) is 11.5 Å². The maximum Gasteiger partial charge on any atom is 0.282 e. The molecule has 0 radical (unpaired) electrons. The number of amides is 1. The smallest absolute Gasteiger partial charge is 0.282 e. The summed E-state index contributed by atoms with van der Waals surface area (Å²) in [6.07, 6.45) is 4.32. The summed E-state index contributed by atoms with van der Waals surface area (Å²) in [5.41, 5.74) is 3.50. The average Bonchev–Trinajstić information content (AvgIpc) is 2.93. The van der Waals surface area contributed by atoms with Crippen LogP contribution in [0.15, 0.2) is 81.6 Å². The van der Waals surface area contributed by atoms with Crippen molar-refractivity contribution in [2.45, 2.75) is 26.7 Å². The highest BCUT2D eigenvalue weighted by molar-refractivity contribution is 9.10. The third-order valence-corrected chi connectivity index (χ3v) is 6.51. The molecule has 0 spiro atoms. The standard InChI is InChI=1S/C30H29BrN4O4/c1-5-9-21-14-20(17-32-35-27(6-2)33-25-13-12-22(31)16-23(25)30(35)37)15-26(38-4)29(21)39-18-28(36)34-24-11-8-7-10-19(24)3/h5,7-8,10-17H,1,6,9,18H2,2-4H3,(H,34,36). The SMILES string of the molecule is C=CCc1cc(C=Nn2c(CC)nc3ccc(Br)cc3c2=O)cc(OC)c1OCC(=O)Nc1ccccc1C. The van der Waals surface area contributed by atoms with Crippen molar-refractivity contribution >= 4 is 44.6 Å². The van der Waals surface area contributed by atoms with Crippen LogP contribution in [0.2, 0.25) is 0 Å². The van der Waals surface area contributed by atoms with Crippen molar-refractivity contribution in [3.63, 3.8) is 0 Å². The summed E-state index contributed by atoms with van der Waals surface area (Å²) in [5.74, 6) is 1.13. The van der Waals surface area contributed by atoms with E-state index in [-0.39, 0.29) is 18.1 Å². The summed E-state index contributed by atoms with van der Waals surface area (Å²) in [6, 6.07) is 16.5. The second kappa shape index (κ2) is 12.5. The predicted molar refractivity (Wildman–Crippen MR) is 158 cm³/mol. The van der Waals surface area contributed by atoms with Gasteiger partial charge in [0.2, 0.25) is 0 Å². The molecule has 0 unspecified atom stereocenters. The molecule has 1 amide bonds. The lowest BCUT2D eigenvalue weighted by Crippen LogP contribution is -2.22. The number of allylic oxidation sites excluding steroid dienone is 1. The summed E-state index contributed by atoms with van der Waals surface area (Å²) in [5, 5.41) is 7.81. The van der Waals surface area contributed by atoms with Gasteiger partial charge in [-0.05, 0) is 60.9 Å². The van der Waals surface area contributed by atoms with Crippen LogP contribution in [0.1, 0.15) is 29.4 Å². The molecule has 0 bridgehead atoms. The van der Waals surface area contributed by atoms with E-state index in [1.807, 2.05) is 50.2 Å². The van der Waals surface area contributed by atoms with Gasteiger partial charge in [-0.2, -0.15) is 9.78 Å².